The molecule has 0 amide bonds. The Morgan fingerprint density at radius 2 is 1.97 bits per heavy atom. The van der Waals surface area contributed by atoms with E-state index in [1.54, 1.807) is 44.3 Å². The van der Waals surface area contributed by atoms with Gasteiger partial charge in [0.25, 0.3) is 5.92 Å². The van der Waals surface area contributed by atoms with Crippen LogP contribution in [-0.4, -0.2) is 23.0 Å². The summed E-state index contributed by atoms with van der Waals surface area (Å²) < 4.78 is 48.1. The van der Waals surface area contributed by atoms with Gasteiger partial charge < -0.3 is 4.74 Å². The number of hydrogen-bond donors (Lipinski definition) is 0. The van der Waals surface area contributed by atoms with Gasteiger partial charge in [0.15, 0.2) is 0 Å². The van der Waals surface area contributed by atoms with Crippen LogP contribution in [-0.2, 0) is 9.53 Å². The molecule has 158 valence electrons. The summed E-state index contributed by atoms with van der Waals surface area (Å²) in [6.45, 7) is 5.02. The molecule has 1 aromatic carbocycles. The molecule has 2 heterocycles. The maximum atomic E-state index is 14.5. The van der Waals surface area contributed by atoms with Crippen LogP contribution >= 0.6 is 0 Å². The van der Waals surface area contributed by atoms with Crippen molar-refractivity contribution >= 4 is 12.0 Å². The molecule has 6 heteroatoms. The van der Waals surface area contributed by atoms with Crippen LogP contribution < -0.4 is 0 Å². The van der Waals surface area contributed by atoms with Crippen LogP contribution in [0.25, 0.3) is 17.2 Å². The number of alkyl halides is 2. The zero-order valence-corrected chi connectivity index (χ0v) is 17.1. The van der Waals surface area contributed by atoms with Crippen LogP contribution in [0.15, 0.2) is 42.6 Å². The smallest absolute Gasteiger partial charge is 0.309 e. The zero-order chi connectivity index (χ0) is 21.6. The molecule has 30 heavy (non-hydrogen) atoms. The number of nitrogens with zero attached hydrogens (tertiary/aromatic N) is 1. The lowest BCUT2D eigenvalue weighted by Gasteiger charge is -2.41. The number of fused-ring (bicyclic) bond motifs is 1. The Balaban J connectivity index is 1.59. The minimum atomic E-state index is -2.93. The summed E-state index contributed by atoms with van der Waals surface area (Å²) in [5.41, 5.74) is 2.71. The van der Waals surface area contributed by atoms with Gasteiger partial charge in [-0.2, -0.15) is 0 Å². The fourth-order valence-corrected chi connectivity index (χ4v) is 4.82. The molecule has 5 atom stereocenters. The molecule has 0 bridgehead atoms. The minimum absolute atomic E-state index is 0.266. The van der Waals surface area contributed by atoms with E-state index in [4.69, 9.17) is 4.74 Å². The highest BCUT2D eigenvalue weighted by atomic mass is 19.3. The van der Waals surface area contributed by atoms with E-state index in [0.717, 1.165) is 11.1 Å². The average molecular weight is 415 g/mol. The lowest BCUT2D eigenvalue weighted by atomic mass is 9.64. The van der Waals surface area contributed by atoms with Crippen molar-refractivity contribution in [2.24, 2.45) is 23.7 Å². The van der Waals surface area contributed by atoms with Gasteiger partial charge in [0.1, 0.15) is 11.9 Å². The topological polar surface area (TPSA) is 39.2 Å². The van der Waals surface area contributed by atoms with Gasteiger partial charge in [0.2, 0.25) is 0 Å². The molecule has 1 aromatic heterocycles. The third-order valence-electron chi connectivity index (χ3n) is 6.65. The summed E-state index contributed by atoms with van der Waals surface area (Å²) in [6, 6.07) is 8.50. The summed E-state index contributed by atoms with van der Waals surface area (Å²) in [6.07, 6.45) is 4.27. The third-order valence-corrected chi connectivity index (χ3v) is 6.65. The van der Waals surface area contributed by atoms with Crippen LogP contribution in [0.4, 0.5) is 13.2 Å². The highest BCUT2D eigenvalue weighted by Gasteiger charge is 2.59. The van der Waals surface area contributed by atoms with Crippen molar-refractivity contribution < 1.29 is 22.7 Å². The van der Waals surface area contributed by atoms with Crippen LogP contribution in [0, 0.1) is 36.4 Å². The molecule has 0 N–H and O–H groups in total. The predicted molar refractivity (Wildman–Crippen MR) is 108 cm³/mol. The Kier molecular flexibility index (Phi) is 5.20. The number of esters is 1. The van der Waals surface area contributed by atoms with Crippen molar-refractivity contribution in [3.05, 3.63) is 59.7 Å². The van der Waals surface area contributed by atoms with Crippen LogP contribution in [0.3, 0.4) is 0 Å². The summed E-state index contributed by atoms with van der Waals surface area (Å²) in [7, 11) is 0. The molecule has 3 nitrogen and oxygen atoms in total. The van der Waals surface area contributed by atoms with E-state index < -0.39 is 36.1 Å². The number of aromatic nitrogens is 1. The zero-order valence-electron chi connectivity index (χ0n) is 17.1. The number of halogens is 3. The van der Waals surface area contributed by atoms with Crippen molar-refractivity contribution in [1.82, 2.24) is 4.98 Å². The lowest BCUT2D eigenvalue weighted by Crippen LogP contribution is -2.46. The summed E-state index contributed by atoms with van der Waals surface area (Å²) in [4.78, 5) is 16.4. The van der Waals surface area contributed by atoms with Crippen molar-refractivity contribution in [1.29, 1.82) is 0 Å². The molecule has 4 rings (SSSR count). The number of allylic oxidation sites excluding steroid dienone is 1. The van der Waals surface area contributed by atoms with Crippen molar-refractivity contribution in [2.75, 3.05) is 0 Å². The molecule has 0 radical (unpaired) electrons. The Hall–Kier alpha value is -2.63. The van der Waals surface area contributed by atoms with E-state index in [1.165, 1.54) is 13.0 Å². The van der Waals surface area contributed by atoms with Crippen molar-refractivity contribution in [3.8, 4) is 11.1 Å². The molecule has 2 aromatic rings. The molecule has 2 fully saturated rings. The number of ether oxygens (including phenoxy) is 1. The number of benzene rings is 1. The molecule has 2 aliphatic rings. The first-order chi connectivity index (χ1) is 14.2. The first-order valence-electron chi connectivity index (χ1n) is 10.2. The van der Waals surface area contributed by atoms with E-state index >= 15 is 0 Å². The van der Waals surface area contributed by atoms with Gasteiger partial charge in [0.05, 0.1) is 11.6 Å². The number of carbonyl (C=O) groups excluding carboxylic acids is 1. The summed E-state index contributed by atoms with van der Waals surface area (Å²) >= 11 is 0. The molecule has 1 saturated carbocycles. The summed E-state index contributed by atoms with van der Waals surface area (Å²) in [5.74, 6) is -6.16. The number of hydrogen-bond acceptors (Lipinski definition) is 3. The van der Waals surface area contributed by atoms with Gasteiger partial charge in [0, 0.05) is 30.0 Å². The van der Waals surface area contributed by atoms with Gasteiger partial charge in [-0.15, -0.1) is 0 Å². The Bertz CT molecular complexity index is 986. The normalized spacial score (nSPS) is 30.3. The van der Waals surface area contributed by atoms with Gasteiger partial charge in [-0.25, -0.2) is 13.2 Å². The SMILES string of the molecule is Cc1c(F)cccc1-c1ccc(/C=C/[C@@H]2[C@H]3C(CC(F)(F)[C@H]2C)C(=O)O[C@@H]3C)nc1. The third kappa shape index (κ3) is 3.53. The maximum absolute atomic E-state index is 14.5. The van der Waals surface area contributed by atoms with Crippen LogP contribution in [0.1, 0.15) is 31.5 Å². The largest absolute Gasteiger partial charge is 0.462 e. The van der Waals surface area contributed by atoms with Gasteiger partial charge in [-0.3, -0.25) is 9.78 Å². The fourth-order valence-electron chi connectivity index (χ4n) is 4.82. The first-order valence-corrected chi connectivity index (χ1v) is 10.2. The molecule has 1 aliphatic heterocycles. The standard InChI is InChI=1S/C24H24F3NO2/c1-13-18(5-4-6-21(13)25)16-7-8-17(28-12-16)9-10-19-14(2)24(26,27)11-20-22(19)15(3)30-23(20)29/h4-10,12,14-15,19-20,22H,11H2,1-3H3/b10-9+/t14-,15+,19-,20?,22-/m0/s1. The van der Waals surface area contributed by atoms with E-state index in [9.17, 15) is 18.0 Å². The molecule has 1 saturated heterocycles. The lowest BCUT2D eigenvalue weighted by molar-refractivity contribution is -0.152. The van der Waals surface area contributed by atoms with Crippen LogP contribution in [0.2, 0.25) is 0 Å². The molecular formula is C24H24F3NO2. The second-order valence-electron chi connectivity index (χ2n) is 8.40. The second-order valence-corrected chi connectivity index (χ2v) is 8.40. The number of pyridine rings is 1. The number of carbonyl (C=O) groups is 1. The monoisotopic (exact) mass is 415 g/mol. The number of cyclic esters (lactones) is 1. The Morgan fingerprint density at radius 1 is 1.20 bits per heavy atom. The fraction of sp³-hybridized carbons (Fsp3) is 0.417. The summed E-state index contributed by atoms with van der Waals surface area (Å²) in [5, 5.41) is 0. The van der Waals surface area contributed by atoms with Gasteiger partial charge in [-0.05, 0) is 49.1 Å². The second kappa shape index (κ2) is 7.56. The molecule has 1 aliphatic carbocycles. The first kappa shape index (κ1) is 20.6. The van der Waals surface area contributed by atoms with Gasteiger partial charge in [-0.1, -0.05) is 31.2 Å². The van der Waals surface area contributed by atoms with E-state index in [-0.39, 0.29) is 17.8 Å². The maximum Gasteiger partial charge on any atom is 0.309 e. The van der Waals surface area contributed by atoms with Crippen LogP contribution in [0.5, 0.6) is 0 Å². The number of rotatable bonds is 3. The Morgan fingerprint density at radius 3 is 2.67 bits per heavy atom. The molecular weight excluding hydrogens is 391 g/mol. The molecule has 0 spiro atoms. The average Bonchev–Trinajstić information content (AvgIpc) is 2.97. The highest BCUT2D eigenvalue weighted by Crippen LogP contribution is 2.52. The minimum Gasteiger partial charge on any atom is -0.462 e. The Labute approximate surface area is 174 Å². The van der Waals surface area contributed by atoms with Gasteiger partial charge >= 0.3 is 5.97 Å². The van der Waals surface area contributed by atoms with E-state index in [0.29, 0.717) is 11.3 Å². The quantitative estimate of drug-likeness (QED) is 0.606. The van der Waals surface area contributed by atoms with Crippen molar-refractivity contribution in [2.45, 2.75) is 39.2 Å². The highest BCUT2D eigenvalue weighted by molar-refractivity contribution is 5.76. The van der Waals surface area contributed by atoms with E-state index in [1.807, 2.05) is 12.1 Å². The molecule has 1 unspecified atom stereocenters. The van der Waals surface area contributed by atoms with E-state index in [2.05, 4.69) is 4.98 Å². The van der Waals surface area contributed by atoms with Crippen molar-refractivity contribution in [3.63, 3.8) is 0 Å². The predicted octanol–water partition coefficient (Wildman–Crippen LogP) is 5.68.